The van der Waals surface area contributed by atoms with Crippen LogP contribution in [-0.4, -0.2) is 35.2 Å². The van der Waals surface area contributed by atoms with Gasteiger partial charge in [-0.05, 0) is 57.0 Å². The number of rotatable bonds is 7. The van der Waals surface area contributed by atoms with Crippen molar-refractivity contribution in [2.24, 2.45) is 0 Å². The number of nitrogens with zero attached hydrogens (tertiary/aromatic N) is 1. The lowest BCUT2D eigenvalue weighted by molar-refractivity contribution is 0.0638. The topological polar surface area (TPSA) is 37.4 Å². The third-order valence-corrected chi connectivity index (χ3v) is 9.89. The molecule has 0 fully saturated rings. The van der Waals surface area contributed by atoms with Gasteiger partial charge in [-0.15, -0.1) is 0 Å². The van der Waals surface area contributed by atoms with E-state index >= 15 is 0 Å². The van der Waals surface area contributed by atoms with Gasteiger partial charge >= 0.3 is 0 Å². The Bertz CT molecular complexity index is 864. The van der Waals surface area contributed by atoms with Gasteiger partial charge in [0.2, 0.25) is 0 Å². The molecule has 0 aliphatic rings. The summed E-state index contributed by atoms with van der Waals surface area (Å²) in [5.41, 5.74) is 1.93. The van der Waals surface area contributed by atoms with E-state index in [-0.39, 0.29) is 23.5 Å². The lowest BCUT2D eigenvalue weighted by atomic mass is 10.0. The Labute approximate surface area is 180 Å². The molecule has 2 aromatic carbocycles. The molecule has 5 heteroatoms. The molecule has 1 amide bonds. The zero-order chi connectivity index (χ0) is 21.9. The number of benzene rings is 2. The van der Waals surface area contributed by atoms with Crippen LogP contribution in [0.5, 0.6) is 0 Å². The minimum Gasteiger partial charge on any atom is -0.334 e. The fourth-order valence-corrected chi connectivity index (χ4v) is 6.05. The monoisotopic (exact) mass is 429 g/mol. The Morgan fingerprint density at radius 3 is 1.90 bits per heavy atom. The van der Waals surface area contributed by atoms with E-state index in [0.29, 0.717) is 10.5 Å². The fourth-order valence-electron chi connectivity index (χ4n) is 3.62. The molecule has 0 heterocycles. The van der Waals surface area contributed by atoms with E-state index in [1.807, 2.05) is 75.1 Å². The highest BCUT2D eigenvalue weighted by atomic mass is 32.2. The van der Waals surface area contributed by atoms with E-state index in [2.05, 4.69) is 32.6 Å². The zero-order valence-electron chi connectivity index (χ0n) is 19.0. The molecule has 0 saturated heterocycles. The molecule has 3 nitrogen and oxygen atoms in total. The quantitative estimate of drug-likeness (QED) is 0.499. The molecule has 1 unspecified atom stereocenters. The van der Waals surface area contributed by atoms with Crippen molar-refractivity contribution >= 4 is 24.8 Å². The van der Waals surface area contributed by atoms with Crippen molar-refractivity contribution in [3.05, 3.63) is 59.7 Å². The lowest BCUT2D eigenvalue weighted by Crippen LogP contribution is -2.43. The second kappa shape index (κ2) is 9.39. The van der Waals surface area contributed by atoms with Crippen molar-refractivity contribution in [1.29, 1.82) is 0 Å². The van der Waals surface area contributed by atoms with E-state index in [4.69, 9.17) is 0 Å². The van der Waals surface area contributed by atoms with E-state index in [1.54, 1.807) is 0 Å². The zero-order valence-corrected chi connectivity index (χ0v) is 20.8. The first-order chi connectivity index (χ1) is 13.5. The van der Waals surface area contributed by atoms with Crippen LogP contribution in [0.3, 0.4) is 0 Å². The third kappa shape index (κ3) is 5.26. The molecule has 29 heavy (non-hydrogen) atoms. The Balaban J connectivity index is 2.75. The van der Waals surface area contributed by atoms with Gasteiger partial charge in [0.25, 0.3) is 5.91 Å². The van der Waals surface area contributed by atoms with Gasteiger partial charge in [-0.1, -0.05) is 56.9 Å². The van der Waals surface area contributed by atoms with E-state index in [1.165, 1.54) is 0 Å². The Kier molecular flexibility index (Phi) is 7.63. The summed E-state index contributed by atoms with van der Waals surface area (Å²) in [4.78, 5) is 17.1. The maximum Gasteiger partial charge on any atom is 0.255 e. The van der Waals surface area contributed by atoms with Gasteiger partial charge in [0.1, 0.15) is 0 Å². The highest BCUT2D eigenvalue weighted by molar-refractivity contribution is 7.85. The maximum atomic E-state index is 13.8. The highest BCUT2D eigenvalue weighted by Gasteiger charge is 2.33. The minimum absolute atomic E-state index is 0.0185. The first-order valence-corrected chi connectivity index (χ1v) is 15.1. The highest BCUT2D eigenvalue weighted by Crippen LogP contribution is 2.34. The minimum atomic E-state index is -1.57. The van der Waals surface area contributed by atoms with Crippen molar-refractivity contribution < 1.29 is 9.00 Å². The molecular weight excluding hydrogens is 394 g/mol. The largest absolute Gasteiger partial charge is 0.334 e. The summed E-state index contributed by atoms with van der Waals surface area (Å²) in [5, 5.41) is 0. The Morgan fingerprint density at radius 1 is 0.862 bits per heavy atom. The average Bonchev–Trinajstić information content (AvgIpc) is 2.65. The first kappa shape index (κ1) is 23.6. The second-order valence-corrected chi connectivity index (χ2v) is 16.3. The van der Waals surface area contributed by atoms with E-state index in [9.17, 15) is 9.00 Å². The number of amides is 1. The molecule has 0 N–H and O–H groups in total. The van der Waals surface area contributed by atoms with Gasteiger partial charge < -0.3 is 4.90 Å². The van der Waals surface area contributed by atoms with Gasteiger partial charge in [0.15, 0.2) is 0 Å². The van der Waals surface area contributed by atoms with Crippen molar-refractivity contribution in [3.8, 4) is 0 Å². The standard InChI is InChI=1S/C24H35NO2SSi/c1-17(2)25(18(3)4)24(26)23-21(19(5)29(6,7)8)15-12-16-22(23)28(27)20-13-10-9-11-14-20/h9-19H,1-8H3/t19-,28?/m1/s1. The van der Waals surface area contributed by atoms with Crippen LogP contribution in [0.4, 0.5) is 0 Å². The van der Waals surface area contributed by atoms with Crippen LogP contribution >= 0.6 is 0 Å². The maximum absolute atomic E-state index is 13.8. The van der Waals surface area contributed by atoms with Gasteiger partial charge in [-0.2, -0.15) is 0 Å². The van der Waals surface area contributed by atoms with Crippen LogP contribution in [0, 0.1) is 0 Å². The summed E-state index contributed by atoms with van der Waals surface area (Å²) in [6.45, 7) is 17.3. The molecule has 0 radical (unpaired) electrons. The molecule has 0 aliphatic heterocycles. The summed E-state index contributed by atoms with van der Waals surface area (Å²) < 4.78 is 13.5. The predicted octanol–water partition coefficient (Wildman–Crippen LogP) is 6.09. The van der Waals surface area contributed by atoms with Crippen LogP contribution in [-0.2, 0) is 10.8 Å². The molecule has 0 aliphatic carbocycles. The lowest BCUT2D eigenvalue weighted by Gasteiger charge is -2.34. The van der Waals surface area contributed by atoms with Crippen LogP contribution in [0.1, 0.15) is 56.1 Å². The number of carbonyl (C=O) groups is 1. The van der Waals surface area contributed by atoms with Crippen molar-refractivity contribution in [2.75, 3.05) is 0 Å². The molecule has 0 spiro atoms. The number of carbonyl (C=O) groups excluding carboxylic acids is 1. The molecule has 158 valence electrons. The molecule has 0 bridgehead atoms. The number of hydrogen-bond donors (Lipinski definition) is 0. The third-order valence-electron chi connectivity index (χ3n) is 5.54. The van der Waals surface area contributed by atoms with Crippen molar-refractivity contribution in [2.45, 2.75) is 81.7 Å². The molecular formula is C24H35NO2SSi. The van der Waals surface area contributed by atoms with Crippen LogP contribution in [0.25, 0.3) is 0 Å². The molecule has 2 atom stereocenters. The molecule has 2 rings (SSSR count). The van der Waals surface area contributed by atoms with Gasteiger partial charge in [0, 0.05) is 17.0 Å². The summed E-state index contributed by atoms with van der Waals surface area (Å²) >= 11 is 0. The summed E-state index contributed by atoms with van der Waals surface area (Å²) in [6, 6.07) is 15.4. The van der Waals surface area contributed by atoms with Crippen molar-refractivity contribution in [3.63, 3.8) is 0 Å². The summed E-state index contributed by atoms with van der Waals surface area (Å²) in [5.74, 6) is -0.0185. The molecule has 2 aromatic rings. The first-order valence-electron chi connectivity index (χ1n) is 10.4. The van der Waals surface area contributed by atoms with Gasteiger partial charge in [0.05, 0.1) is 29.3 Å². The number of hydrogen-bond acceptors (Lipinski definition) is 2. The van der Waals surface area contributed by atoms with E-state index < -0.39 is 18.9 Å². The second-order valence-electron chi connectivity index (χ2n) is 9.29. The summed E-state index contributed by atoms with van der Waals surface area (Å²) in [6.07, 6.45) is 0. The van der Waals surface area contributed by atoms with E-state index in [0.717, 1.165) is 10.5 Å². The van der Waals surface area contributed by atoms with Gasteiger partial charge in [-0.25, -0.2) is 4.21 Å². The van der Waals surface area contributed by atoms with Crippen molar-refractivity contribution in [1.82, 2.24) is 4.90 Å². The predicted molar refractivity (Wildman–Crippen MR) is 126 cm³/mol. The summed E-state index contributed by atoms with van der Waals surface area (Å²) in [7, 11) is -2.98. The average molecular weight is 430 g/mol. The SMILES string of the molecule is CC(C)N(C(=O)c1c([C@@H](C)[Si](C)(C)C)cccc1S(=O)c1ccccc1)C(C)C. The Hall–Kier alpha value is -1.72. The van der Waals surface area contributed by atoms with Crippen LogP contribution in [0.15, 0.2) is 58.3 Å². The normalized spacial score (nSPS) is 14.1. The molecule has 0 saturated carbocycles. The van der Waals surface area contributed by atoms with Gasteiger partial charge in [-0.3, -0.25) is 4.79 Å². The van der Waals surface area contributed by atoms with Crippen LogP contribution < -0.4 is 0 Å². The molecule has 0 aromatic heterocycles. The fraction of sp³-hybridized carbons (Fsp3) is 0.458. The smallest absolute Gasteiger partial charge is 0.255 e. The van der Waals surface area contributed by atoms with Crippen LogP contribution in [0.2, 0.25) is 19.6 Å². The Morgan fingerprint density at radius 2 is 1.41 bits per heavy atom.